The number of rotatable bonds is 6. The van der Waals surface area contributed by atoms with Gasteiger partial charge in [-0.1, -0.05) is 19.1 Å². The van der Waals surface area contributed by atoms with Crippen LogP contribution in [0.5, 0.6) is 0 Å². The summed E-state index contributed by atoms with van der Waals surface area (Å²) in [4.78, 5) is 13.0. The van der Waals surface area contributed by atoms with Crippen molar-refractivity contribution in [2.75, 3.05) is 0 Å². The molecule has 1 N–H and O–H groups in total. The van der Waals surface area contributed by atoms with Gasteiger partial charge in [-0.3, -0.25) is 4.79 Å². The lowest BCUT2D eigenvalue weighted by molar-refractivity contribution is 0.0911. The number of carbonyl (C=O) groups excluding carboxylic acids is 1. The molecule has 0 saturated heterocycles. The van der Waals surface area contributed by atoms with Gasteiger partial charge in [-0.15, -0.1) is 5.10 Å². The number of halogens is 1. The summed E-state index contributed by atoms with van der Waals surface area (Å²) >= 11 is 0. The number of tetrazole rings is 1. The Hall–Kier alpha value is -3.09. The fourth-order valence-electron chi connectivity index (χ4n) is 3.12. The standard InChI is InChI=1S/C22H24FN5O/c1-4-22(2,3)24-21(29)17-11-16(14-7-9-18(23)10-8-14)12-19(13-17)28-20(15-5-6-15)25-26-27-28/h7-13,15H,4-6H2,1-3H3,(H,24,29). The zero-order chi connectivity index (χ0) is 20.6. The maximum atomic E-state index is 13.4. The molecule has 0 bridgehead atoms. The lowest BCUT2D eigenvalue weighted by Gasteiger charge is -2.24. The number of carbonyl (C=O) groups is 1. The first-order valence-electron chi connectivity index (χ1n) is 9.88. The van der Waals surface area contributed by atoms with Crippen molar-refractivity contribution in [2.45, 2.75) is 51.5 Å². The quantitative estimate of drug-likeness (QED) is 0.679. The number of hydrogen-bond acceptors (Lipinski definition) is 4. The Bertz CT molecular complexity index is 1040. The molecule has 1 aliphatic carbocycles. The molecule has 0 aliphatic heterocycles. The topological polar surface area (TPSA) is 72.7 Å². The van der Waals surface area contributed by atoms with Gasteiger partial charge in [-0.2, -0.15) is 4.68 Å². The number of benzene rings is 2. The molecule has 6 nitrogen and oxygen atoms in total. The minimum atomic E-state index is -0.322. The second-order valence-corrected chi connectivity index (χ2v) is 8.19. The molecule has 1 amide bonds. The average molecular weight is 393 g/mol. The second kappa shape index (κ2) is 7.39. The molecule has 1 aromatic heterocycles. The van der Waals surface area contributed by atoms with Gasteiger partial charge in [0.2, 0.25) is 0 Å². The number of amides is 1. The summed E-state index contributed by atoms with van der Waals surface area (Å²) in [6, 6.07) is 11.8. The van der Waals surface area contributed by atoms with Crippen molar-refractivity contribution in [3.8, 4) is 16.8 Å². The Labute approximate surface area is 169 Å². The lowest BCUT2D eigenvalue weighted by Crippen LogP contribution is -2.42. The van der Waals surface area contributed by atoms with Gasteiger partial charge in [-0.05, 0) is 85.0 Å². The molecule has 4 rings (SSSR count). The monoisotopic (exact) mass is 393 g/mol. The predicted octanol–water partition coefficient (Wildman–Crippen LogP) is 4.26. The van der Waals surface area contributed by atoms with Crippen LogP contribution in [-0.4, -0.2) is 31.7 Å². The maximum Gasteiger partial charge on any atom is 0.251 e. The summed E-state index contributed by atoms with van der Waals surface area (Å²) in [6.07, 6.45) is 2.94. The molecule has 1 fully saturated rings. The van der Waals surface area contributed by atoms with Gasteiger partial charge < -0.3 is 5.32 Å². The molecule has 1 saturated carbocycles. The van der Waals surface area contributed by atoms with E-state index < -0.39 is 0 Å². The van der Waals surface area contributed by atoms with E-state index in [-0.39, 0.29) is 17.3 Å². The van der Waals surface area contributed by atoms with E-state index in [9.17, 15) is 9.18 Å². The van der Waals surface area contributed by atoms with Crippen molar-refractivity contribution in [3.05, 3.63) is 59.7 Å². The van der Waals surface area contributed by atoms with Crippen LogP contribution in [0.2, 0.25) is 0 Å². The van der Waals surface area contributed by atoms with Crippen LogP contribution in [0.15, 0.2) is 42.5 Å². The third kappa shape index (κ3) is 4.18. The highest BCUT2D eigenvalue weighted by Crippen LogP contribution is 2.39. The smallest absolute Gasteiger partial charge is 0.251 e. The van der Waals surface area contributed by atoms with E-state index in [1.165, 1.54) is 12.1 Å². The molecule has 3 aromatic rings. The van der Waals surface area contributed by atoms with Crippen LogP contribution in [0.4, 0.5) is 4.39 Å². The van der Waals surface area contributed by atoms with Crippen LogP contribution in [0.25, 0.3) is 16.8 Å². The molecule has 0 atom stereocenters. The highest BCUT2D eigenvalue weighted by molar-refractivity contribution is 5.96. The van der Waals surface area contributed by atoms with Crippen LogP contribution in [0, 0.1) is 5.82 Å². The lowest BCUT2D eigenvalue weighted by atomic mass is 9.99. The predicted molar refractivity (Wildman–Crippen MR) is 108 cm³/mol. The third-order valence-electron chi connectivity index (χ3n) is 5.37. The number of hydrogen-bond donors (Lipinski definition) is 1. The van der Waals surface area contributed by atoms with Crippen molar-refractivity contribution in [3.63, 3.8) is 0 Å². The minimum Gasteiger partial charge on any atom is -0.347 e. The zero-order valence-electron chi connectivity index (χ0n) is 16.8. The summed E-state index contributed by atoms with van der Waals surface area (Å²) in [5.41, 5.74) is 2.54. The molecule has 0 spiro atoms. The van der Waals surface area contributed by atoms with Crippen molar-refractivity contribution < 1.29 is 9.18 Å². The maximum absolute atomic E-state index is 13.4. The van der Waals surface area contributed by atoms with E-state index in [0.29, 0.717) is 11.5 Å². The molecule has 2 aromatic carbocycles. The summed E-state index contributed by atoms with van der Waals surface area (Å²) < 4.78 is 15.1. The Morgan fingerprint density at radius 2 is 1.90 bits per heavy atom. The first kappa shape index (κ1) is 19.2. The summed E-state index contributed by atoms with van der Waals surface area (Å²) in [5.74, 6) is 0.699. The molecule has 1 heterocycles. The first-order chi connectivity index (χ1) is 13.9. The van der Waals surface area contributed by atoms with Gasteiger partial charge >= 0.3 is 0 Å². The van der Waals surface area contributed by atoms with E-state index in [2.05, 4.69) is 20.8 Å². The molecular weight excluding hydrogens is 369 g/mol. The van der Waals surface area contributed by atoms with Crippen molar-refractivity contribution in [1.29, 1.82) is 0 Å². The summed E-state index contributed by atoms with van der Waals surface area (Å²) in [5, 5.41) is 15.2. The van der Waals surface area contributed by atoms with Gasteiger partial charge in [0, 0.05) is 17.0 Å². The molecule has 150 valence electrons. The van der Waals surface area contributed by atoms with Crippen LogP contribution in [-0.2, 0) is 0 Å². The van der Waals surface area contributed by atoms with Crippen molar-refractivity contribution in [1.82, 2.24) is 25.5 Å². The van der Waals surface area contributed by atoms with Gasteiger partial charge in [0.05, 0.1) is 5.69 Å². The molecule has 1 aliphatic rings. The van der Waals surface area contributed by atoms with Crippen molar-refractivity contribution >= 4 is 5.91 Å². The Kier molecular flexibility index (Phi) is 4.90. The summed E-state index contributed by atoms with van der Waals surface area (Å²) in [7, 11) is 0. The number of aromatic nitrogens is 4. The first-order valence-corrected chi connectivity index (χ1v) is 9.88. The van der Waals surface area contributed by atoms with Crippen LogP contribution >= 0.6 is 0 Å². The second-order valence-electron chi connectivity index (χ2n) is 8.19. The highest BCUT2D eigenvalue weighted by atomic mass is 19.1. The largest absolute Gasteiger partial charge is 0.347 e. The average Bonchev–Trinajstić information content (AvgIpc) is 3.44. The fourth-order valence-corrected chi connectivity index (χ4v) is 3.12. The molecule has 29 heavy (non-hydrogen) atoms. The van der Waals surface area contributed by atoms with Crippen molar-refractivity contribution in [2.24, 2.45) is 0 Å². The minimum absolute atomic E-state index is 0.164. The van der Waals surface area contributed by atoms with Crippen LogP contribution < -0.4 is 5.32 Å². The van der Waals surface area contributed by atoms with E-state index in [1.807, 2.05) is 32.9 Å². The zero-order valence-corrected chi connectivity index (χ0v) is 16.8. The SMILES string of the molecule is CCC(C)(C)NC(=O)c1cc(-c2ccc(F)cc2)cc(-n2nnnc2C2CC2)c1. The highest BCUT2D eigenvalue weighted by Gasteiger charge is 2.30. The van der Waals surface area contributed by atoms with E-state index in [4.69, 9.17) is 0 Å². The van der Waals surface area contributed by atoms with E-state index in [1.54, 1.807) is 22.9 Å². The molecule has 0 unspecified atom stereocenters. The summed E-state index contributed by atoms with van der Waals surface area (Å²) in [6.45, 7) is 6.01. The number of nitrogens with zero attached hydrogens (tertiary/aromatic N) is 4. The molecular formula is C22H24FN5O. The van der Waals surface area contributed by atoms with Gasteiger partial charge in [0.15, 0.2) is 5.82 Å². The van der Waals surface area contributed by atoms with Crippen LogP contribution in [0.1, 0.15) is 62.1 Å². The normalized spacial score (nSPS) is 14.1. The van der Waals surface area contributed by atoms with Gasteiger partial charge in [-0.25, -0.2) is 4.39 Å². The van der Waals surface area contributed by atoms with E-state index in [0.717, 1.165) is 41.9 Å². The Morgan fingerprint density at radius 3 is 2.55 bits per heavy atom. The number of nitrogens with one attached hydrogen (secondary N) is 1. The Balaban J connectivity index is 1.80. The molecule has 0 radical (unpaired) electrons. The van der Waals surface area contributed by atoms with Crippen LogP contribution in [0.3, 0.4) is 0 Å². The Morgan fingerprint density at radius 1 is 1.17 bits per heavy atom. The van der Waals surface area contributed by atoms with Gasteiger partial charge in [0.1, 0.15) is 5.82 Å². The fraction of sp³-hybridized carbons (Fsp3) is 0.364. The van der Waals surface area contributed by atoms with Gasteiger partial charge in [0.25, 0.3) is 5.91 Å². The third-order valence-corrected chi connectivity index (χ3v) is 5.37. The molecule has 7 heteroatoms. The van der Waals surface area contributed by atoms with E-state index >= 15 is 0 Å².